The maximum atomic E-state index is 11.8. The van der Waals surface area contributed by atoms with Gasteiger partial charge in [-0.05, 0) is 36.4 Å². The monoisotopic (exact) mass is 340 g/mol. The number of aliphatic carboxylic acids is 1. The Morgan fingerprint density at radius 3 is 2.08 bits per heavy atom. The van der Waals surface area contributed by atoms with Crippen LogP contribution in [0.2, 0.25) is 0 Å². The summed E-state index contributed by atoms with van der Waals surface area (Å²) in [5.74, 6) is 0.159. The summed E-state index contributed by atoms with van der Waals surface area (Å²) in [4.78, 5) is 26.2. The third-order valence-corrected chi connectivity index (χ3v) is 4.12. The van der Waals surface area contributed by atoms with E-state index in [1.165, 1.54) is 0 Å². The van der Waals surface area contributed by atoms with Gasteiger partial charge in [0.1, 0.15) is 17.9 Å². The van der Waals surface area contributed by atoms with Crippen molar-refractivity contribution in [1.82, 2.24) is 4.90 Å². The number of rotatable bonds is 5. The zero-order valence-electron chi connectivity index (χ0n) is 13.8. The number of benzene rings is 2. The average molecular weight is 340 g/mol. The maximum absolute atomic E-state index is 11.8. The molecule has 1 aliphatic rings. The van der Waals surface area contributed by atoms with Crippen LogP contribution in [0.5, 0.6) is 11.5 Å². The molecule has 3 rings (SSSR count). The first-order valence-electron chi connectivity index (χ1n) is 8.19. The molecule has 0 unspecified atom stereocenters. The molecule has 1 heterocycles. The fourth-order valence-corrected chi connectivity index (χ4v) is 2.80. The number of hydrogen-bond donors (Lipinski definition) is 1. The van der Waals surface area contributed by atoms with Crippen LogP contribution in [0.15, 0.2) is 54.6 Å². The van der Waals surface area contributed by atoms with Crippen LogP contribution in [0.1, 0.15) is 6.42 Å². The van der Waals surface area contributed by atoms with Gasteiger partial charge in [-0.2, -0.15) is 0 Å². The van der Waals surface area contributed by atoms with Crippen molar-refractivity contribution in [2.24, 2.45) is 0 Å². The Bertz CT molecular complexity index is 723. The molecule has 1 aliphatic heterocycles. The molecule has 2 aromatic carbocycles. The molecule has 0 aliphatic carbocycles. The van der Waals surface area contributed by atoms with Gasteiger partial charge < -0.3 is 19.6 Å². The Morgan fingerprint density at radius 1 is 0.880 bits per heavy atom. The van der Waals surface area contributed by atoms with E-state index in [0.717, 1.165) is 17.2 Å². The van der Waals surface area contributed by atoms with Crippen LogP contribution in [0, 0.1) is 0 Å². The number of amides is 1. The number of para-hydroxylation sites is 1. The quantitative estimate of drug-likeness (QED) is 0.847. The largest absolute Gasteiger partial charge is 0.481 e. The Balaban J connectivity index is 1.55. The van der Waals surface area contributed by atoms with Crippen molar-refractivity contribution in [2.45, 2.75) is 6.42 Å². The molecule has 1 saturated heterocycles. The van der Waals surface area contributed by atoms with Gasteiger partial charge in [-0.3, -0.25) is 9.59 Å². The van der Waals surface area contributed by atoms with E-state index in [9.17, 15) is 9.59 Å². The second-order valence-corrected chi connectivity index (χ2v) is 5.85. The van der Waals surface area contributed by atoms with E-state index < -0.39 is 12.4 Å². The minimum absolute atomic E-state index is 0.321. The van der Waals surface area contributed by atoms with E-state index in [4.69, 9.17) is 9.84 Å². The molecule has 1 fully saturated rings. The molecule has 6 nitrogen and oxygen atoms in total. The fraction of sp³-hybridized carbons (Fsp3) is 0.263. The third-order valence-electron chi connectivity index (χ3n) is 4.12. The second-order valence-electron chi connectivity index (χ2n) is 5.85. The molecule has 0 atom stereocenters. The number of carboxylic acids is 1. The fourth-order valence-electron chi connectivity index (χ4n) is 2.80. The minimum atomic E-state index is -1.08. The van der Waals surface area contributed by atoms with Crippen LogP contribution in [0.3, 0.4) is 0 Å². The Kier molecular flexibility index (Phi) is 5.18. The molecule has 0 saturated carbocycles. The third kappa shape index (κ3) is 4.50. The zero-order chi connectivity index (χ0) is 17.6. The highest BCUT2D eigenvalue weighted by Crippen LogP contribution is 2.25. The molecule has 0 bridgehead atoms. The lowest BCUT2D eigenvalue weighted by molar-refractivity contribution is -0.144. The number of hydrogen-bond acceptors (Lipinski definition) is 4. The van der Waals surface area contributed by atoms with E-state index >= 15 is 0 Å². The van der Waals surface area contributed by atoms with Gasteiger partial charge in [0, 0.05) is 31.9 Å². The number of nitrogens with zero attached hydrogens (tertiary/aromatic N) is 2. The van der Waals surface area contributed by atoms with Gasteiger partial charge in [0.05, 0.1) is 0 Å². The van der Waals surface area contributed by atoms with Gasteiger partial charge in [-0.1, -0.05) is 18.2 Å². The molecule has 1 N–H and O–H groups in total. The van der Waals surface area contributed by atoms with E-state index in [-0.39, 0.29) is 5.91 Å². The molecule has 2 aromatic rings. The summed E-state index contributed by atoms with van der Waals surface area (Å²) in [5.41, 5.74) is 1.06. The molecular weight excluding hydrogens is 320 g/mol. The van der Waals surface area contributed by atoms with Gasteiger partial charge in [0.2, 0.25) is 5.91 Å². The normalized spacial score (nSPS) is 14.2. The Labute approximate surface area is 146 Å². The SMILES string of the molecule is O=C(O)CC(=O)N1CCN(c2ccc(Oc3ccccc3)cc2)CC1. The first kappa shape index (κ1) is 16.8. The molecule has 0 spiro atoms. The second kappa shape index (κ2) is 7.70. The van der Waals surface area contributed by atoms with Crippen LogP contribution in [-0.4, -0.2) is 48.1 Å². The van der Waals surface area contributed by atoms with Crippen molar-refractivity contribution in [2.75, 3.05) is 31.1 Å². The molecule has 0 aromatic heterocycles. The van der Waals surface area contributed by atoms with Crippen LogP contribution >= 0.6 is 0 Å². The van der Waals surface area contributed by atoms with Crippen molar-refractivity contribution in [1.29, 1.82) is 0 Å². The molecule has 6 heteroatoms. The van der Waals surface area contributed by atoms with Crippen molar-refractivity contribution in [3.05, 3.63) is 54.6 Å². The van der Waals surface area contributed by atoms with Gasteiger partial charge in [-0.25, -0.2) is 0 Å². The minimum Gasteiger partial charge on any atom is -0.481 e. The first-order chi connectivity index (χ1) is 12.1. The summed E-state index contributed by atoms with van der Waals surface area (Å²) in [6, 6.07) is 17.4. The smallest absolute Gasteiger partial charge is 0.312 e. The predicted octanol–water partition coefficient (Wildman–Crippen LogP) is 2.60. The summed E-state index contributed by atoms with van der Waals surface area (Å²) in [6.45, 7) is 2.44. The molecule has 130 valence electrons. The molecular formula is C19H20N2O4. The van der Waals surface area contributed by atoms with Crippen molar-refractivity contribution >= 4 is 17.6 Å². The highest BCUT2D eigenvalue weighted by atomic mass is 16.5. The first-order valence-corrected chi connectivity index (χ1v) is 8.19. The molecule has 0 radical (unpaired) electrons. The maximum Gasteiger partial charge on any atom is 0.312 e. The summed E-state index contributed by atoms with van der Waals surface area (Å²) in [7, 11) is 0. The van der Waals surface area contributed by atoms with Crippen molar-refractivity contribution < 1.29 is 19.4 Å². The van der Waals surface area contributed by atoms with Crippen LogP contribution in [0.25, 0.3) is 0 Å². The topological polar surface area (TPSA) is 70.1 Å². The highest BCUT2D eigenvalue weighted by molar-refractivity contribution is 5.93. The summed E-state index contributed by atoms with van der Waals surface area (Å²) >= 11 is 0. The number of carbonyl (C=O) groups excluding carboxylic acids is 1. The van der Waals surface area contributed by atoms with Gasteiger partial charge >= 0.3 is 5.97 Å². The van der Waals surface area contributed by atoms with Gasteiger partial charge in [0.15, 0.2) is 0 Å². The van der Waals surface area contributed by atoms with E-state index in [1.807, 2.05) is 54.6 Å². The van der Waals surface area contributed by atoms with Crippen LogP contribution in [0.4, 0.5) is 5.69 Å². The van der Waals surface area contributed by atoms with Crippen molar-refractivity contribution in [3.63, 3.8) is 0 Å². The molecule has 25 heavy (non-hydrogen) atoms. The van der Waals surface area contributed by atoms with Gasteiger partial charge in [0.25, 0.3) is 0 Å². The summed E-state index contributed by atoms with van der Waals surface area (Å²) in [5, 5.41) is 8.71. The zero-order valence-corrected chi connectivity index (χ0v) is 13.8. The van der Waals surface area contributed by atoms with Gasteiger partial charge in [-0.15, -0.1) is 0 Å². The predicted molar refractivity (Wildman–Crippen MR) is 94.0 cm³/mol. The Morgan fingerprint density at radius 2 is 1.48 bits per heavy atom. The lowest BCUT2D eigenvalue weighted by atomic mass is 10.2. The highest BCUT2D eigenvalue weighted by Gasteiger charge is 2.22. The van der Waals surface area contributed by atoms with Crippen LogP contribution in [-0.2, 0) is 9.59 Å². The van der Waals surface area contributed by atoms with E-state index in [1.54, 1.807) is 4.90 Å². The van der Waals surface area contributed by atoms with Crippen LogP contribution < -0.4 is 9.64 Å². The lowest BCUT2D eigenvalue weighted by Gasteiger charge is -2.36. The number of ether oxygens (including phenoxy) is 1. The standard InChI is InChI=1S/C19H20N2O4/c22-18(14-19(23)24)21-12-10-20(11-13-21)15-6-8-17(9-7-15)25-16-4-2-1-3-5-16/h1-9H,10-14H2,(H,23,24). The van der Waals surface area contributed by atoms with E-state index in [2.05, 4.69) is 4.90 Å². The summed E-state index contributed by atoms with van der Waals surface area (Å²) in [6.07, 6.45) is -0.439. The number of carboxylic acid groups (broad SMARTS) is 1. The van der Waals surface area contributed by atoms with Crippen molar-refractivity contribution in [3.8, 4) is 11.5 Å². The Hall–Kier alpha value is -3.02. The average Bonchev–Trinajstić information content (AvgIpc) is 2.63. The molecule has 1 amide bonds. The number of carbonyl (C=O) groups is 2. The summed E-state index contributed by atoms with van der Waals surface area (Å²) < 4.78 is 5.78. The lowest BCUT2D eigenvalue weighted by Crippen LogP contribution is -2.49. The van der Waals surface area contributed by atoms with E-state index in [0.29, 0.717) is 26.2 Å². The number of piperazine rings is 1. The number of anilines is 1.